The van der Waals surface area contributed by atoms with Crippen molar-refractivity contribution in [1.29, 1.82) is 0 Å². The van der Waals surface area contributed by atoms with E-state index in [-0.39, 0.29) is 17.9 Å². The van der Waals surface area contributed by atoms with Crippen LogP contribution in [0, 0.1) is 0 Å². The number of amides is 2. The number of carbonyl (C=O) groups excluding carboxylic acids is 2. The summed E-state index contributed by atoms with van der Waals surface area (Å²) in [5.41, 5.74) is 8.29. The van der Waals surface area contributed by atoms with Crippen LogP contribution in [0.25, 0.3) is 0 Å². The quantitative estimate of drug-likeness (QED) is 0.610. The van der Waals surface area contributed by atoms with Crippen LogP contribution >= 0.6 is 0 Å². The van der Waals surface area contributed by atoms with Gasteiger partial charge in [0.2, 0.25) is 11.8 Å². The van der Waals surface area contributed by atoms with Gasteiger partial charge in [-0.25, -0.2) is 0 Å². The molecule has 4 N–H and O–H groups in total. The molecule has 2 aliphatic heterocycles. The fraction of sp³-hybridized carbons (Fsp3) is 0.652. The molecular weight excluding hydrogens is 378 g/mol. The summed E-state index contributed by atoms with van der Waals surface area (Å²) < 4.78 is 0. The van der Waals surface area contributed by atoms with Crippen molar-refractivity contribution >= 4 is 17.5 Å². The van der Waals surface area contributed by atoms with E-state index in [4.69, 9.17) is 5.73 Å². The lowest BCUT2D eigenvalue weighted by Crippen LogP contribution is -2.52. The first-order valence-corrected chi connectivity index (χ1v) is 11.5. The van der Waals surface area contributed by atoms with Crippen molar-refractivity contribution in [3.05, 3.63) is 29.8 Å². The minimum absolute atomic E-state index is 0.183. The van der Waals surface area contributed by atoms with E-state index in [0.717, 1.165) is 37.8 Å². The number of piperidine rings is 1. The first kappa shape index (κ1) is 21.3. The number of nitrogens with zero attached hydrogens (tertiary/aromatic N) is 2. The highest BCUT2D eigenvalue weighted by molar-refractivity contribution is 6.01. The molecule has 3 fully saturated rings. The summed E-state index contributed by atoms with van der Waals surface area (Å²) >= 11 is 0. The number of hydrogen-bond donors (Lipinski definition) is 3. The van der Waals surface area contributed by atoms with Gasteiger partial charge in [-0.05, 0) is 56.2 Å². The molecule has 2 heterocycles. The van der Waals surface area contributed by atoms with Crippen molar-refractivity contribution in [1.82, 2.24) is 15.1 Å². The van der Waals surface area contributed by atoms with E-state index >= 15 is 0 Å². The van der Waals surface area contributed by atoms with Crippen molar-refractivity contribution < 1.29 is 9.59 Å². The third-order valence-corrected chi connectivity index (χ3v) is 6.92. The maximum atomic E-state index is 11.9. The number of rotatable bonds is 6. The SMILES string of the molecule is NC1CCC(N2CCN(CCc3ccc(NC4CCC(=O)NC4=O)cc3)CC2)CC1. The van der Waals surface area contributed by atoms with Crippen LogP contribution in [-0.2, 0) is 16.0 Å². The molecular formula is C23H35N5O2. The molecule has 30 heavy (non-hydrogen) atoms. The molecule has 4 rings (SSSR count). The van der Waals surface area contributed by atoms with Crippen LogP contribution in [0.4, 0.5) is 5.69 Å². The van der Waals surface area contributed by atoms with Crippen molar-refractivity contribution in [3.8, 4) is 0 Å². The maximum absolute atomic E-state index is 11.9. The summed E-state index contributed by atoms with van der Waals surface area (Å²) in [6, 6.07) is 9.18. The van der Waals surface area contributed by atoms with Gasteiger partial charge < -0.3 is 16.0 Å². The highest BCUT2D eigenvalue weighted by Crippen LogP contribution is 2.23. The van der Waals surface area contributed by atoms with E-state index < -0.39 is 0 Å². The predicted octanol–water partition coefficient (Wildman–Crippen LogP) is 1.33. The maximum Gasteiger partial charge on any atom is 0.249 e. The lowest BCUT2D eigenvalue weighted by atomic mass is 9.90. The van der Waals surface area contributed by atoms with Gasteiger partial charge in [0.25, 0.3) is 0 Å². The first-order chi connectivity index (χ1) is 14.6. The molecule has 0 bridgehead atoms. The topological polar surface area (TPSA) is 90.7 Å². The number of piperazine rings is 1. The van der Waals surface area contributed by atoms with Crippen molar-refractivity contribution in [2.75, 3.05) is 38.0 Å². The summed E-state index contributed by atoms with van der Waals surface area (Å²) in [6.45, 7) is 5.74. The molecule has 1 atom stereocenters. The molecule has 2 amide bonds. The van der Waals surface area contributed by atoms with Gasteiger partial charge in [0.1, 0.15) is 6.04 Å². The predicted molar refractivity (Wildman–Crippen MR) is 118 cm³/mol. The van der Waals surface area contributed by atoms with Crippen molar-refractivity contribution in [2.24, 2.45) is 5.73 Å². The zero-order valence-corrected chi connectivity index (χ0v) is 17.8. The molecule has 0 radical (unpaired) electrons. The minimum Gasteiger partial charge on any atom is -0.374 e. The number of nitrogens with two attached hydrogens (primary N) is 1. The molecule has 1 saturated carbocycles. The highest BCUT2D eigenvalue weighted by atomic mass is 16.2. The second-order valence-electron chi connectivity index (χ2n) is 9.04. The van der Waals surface area contributed by atoms with Gasteiger partial charge in [0.05, 0.1) is 0 Å². The van der Waals surface area contributed by atoms with Crippen LogP contribution in [0.3, 0.4) is 0 Å². The van der Waals surface area contributed by atoms with Crippen molar-refractivity contribution in [3.63, 3.8) is 0 Å². The summed E-state index contributed by atoms with van der Waals surface area (Å²) in [4.78, 5) is 28.4. The zero-order valence-electron chi connectivity index (χ0n) is 17.8. The van der Waals surface area contributed by atoms with Gasteiger partial charge in [-0.2, -0.15) is 0 Å². The van der Waals surface area contributed by atoms with Gasteiger partial charge >= 0.3 is 0 Å². The molecule has 3 aliphatic rings. The Morgan fingerprint density at radius 3 is 2.33 bits per heavy atom. The molecule has 164 valence electrons. The van der Waals surface area contributed by atoms with Gasteiger partial charge in [0, 0.05) is 56.9 Å². The number of benzene rings is 1. The summed E-state index contributed by atoms with van der Waals surface area (Å²) in [6.07, 6.45) is 6.87. The minimum atomic E-state index is -0.329. The molecule has 7 nitrogen and oxygen atoms in total. The number of nitrogens with one attached hydrogen (secondary N) is 2. The van der Waals surface area contributed by atoms with Crippen LogP contribution in [0.1, 0.15) is 44.1 Å². The fourth-order valence-corrected chi connectivity index (χ4v) is 4.91. The fourth-order valence-electron chi connectivity index (χ4n) is 4.91. The second-order valence-corrected chi connectivity index (χ2v) is 9.04. The van der Waals surface area contributed by atoms with Gasteiger partial charge in [-0.3, -0.25) is 19.8 Å². The molecule has 2 saturated heterocycles. The zero-order chi connectivity index (χ0) is 20.9. The number of carbonyl (C=O) groups is 2. The number of hydrogen-bond acceptors (Lipinski definition) is 6. The standard InChI is InChI=1S/C23H35N5O2/c24-18-3-7-20(8-4-18)28-15-13-27(14-16-28)12-11-17-1-5-19(6-2-17)25-21-9-10-22(29)26-23(21)30/h1-2,5-6,18,20-21,25H,3-4,7-16,24H2,(H,26,29,30). The summed E-state index contributed by atoms with van der Waals surface area (Å²) in [5.74, 6) is -0.414. The van der Waals surface area contributed by atoms with Crippen LogP contribution in [0.15, 0.2) is 24.3 Å². The van der Waals surface area contributed by atoms with Crippen LogP contribution in [-0.4, -0.2) is 72.5 Å². The third kappa shape index (κ3) is 5.59. The monoisotopic (exact) mass is 413 g/mol. The molecule has 1 aliphatic carbocycles. The summed E-state index contributed by atoms with van der Waals surface area (Å²) in [7, 11) is 0. The van der Waals surface area contributed by atoms with E-state index in [1.807, 2.05) is 12.1 Å². The van der Waals surface area contributed by atoms with E-state index in [1.54, 1.807) is 0 Å². The Morgan fingerprint density at radius 1 is 0.967 bits per heavy atom. The summed E-state index contributed by atoms with van der Waals surface area (Å²) in [5, 5.41) is 5.62. The molecule has 7 heteroatoms. The first-order valence-electron chi connectivity index (χ1n) is 11.5. The van der Waals surface area contributed by atoms with E-state index in [0.29, 0.717) is 18.9 Å². The number of anilines is 1. The molecule has 0 aromatic heterocycles. The van der Waals surface area contributed by atoms with Crippen molar-refractivity contribution in [2.45, 2.75) is 63.1 Å². The second kappa shape index (κ2) is 9.90. The lowest BCUT2D eigenvalue weighted by Gasteiger charge is -2.41. The Bertz CT molecular complexity index is 722. The largest absolute Gasteiger partial charge is 0.374 e. The van der Waals surface area contributed by atoms with Gasteiger partial charge in [-0.1, -0.05) is 12.1 Å². The normalized spacial score (nSPS) is 28.9. The van der Waals surface area contributed by atoms with Gasteiger partial charge in [0.15, 0.2) is 0 Å². The van der Waals surface area contributed by atoms with E-state index in [1.165, 1.54) is 44.3 Å². The van der Waals surface area contributed by atoms with Crippen LogP contribution in [0.5, 0.6) is 0 Å². The number of imide groups is 1. The Hall–Kier alpha value is -1.96. The lowest BCUT2D eigenvalue weighted by molar-refractivity contribution is -0.133. The van der Waals surface area contributed by atoms with E-state index in [9.17, 15) is 9.59 Å². The third-order valence-electron chi connectivity index (χ3n) is 6.92. The van der Waals surface area contributed by atoms with E-state index in [2.05, 4.69) is 32.6 Å². The average molecular weight is 414 g/mol. The molecule has 0 spiro atoms. The Labute approximate surface area is 179 Å². The smallest absolute Gasteiger partial charge is 0.249 e. The Morgan fingerprint density at radius 2 is 1.67 bits per heavy atom. The average Bonchev–Trinajstić information content (AvgIpc) is 2.76. The van der Waals surface area contributed by atoms with Crippen LogP contribution < -0.4 is 16.4 Å². The molecule has 1 aromatic carbocycles. The molecule has 1 aromatic rings. The van der Waals surface area contributed by atoms with Gasteiger partial charge in [-0.15, -0.1) is 0 Å². The Kier molecular flexibility index (Phi) is 7.02. The Balaban J connectivity index is 1.18. The molecule has 1 unspecified atom stereocenters. The van der Waals surface area contributed by atoms with Crippen LogP contribution in [0.2, 0.25) is 0 Å². The highest BCUT2D eigenvalue weighted by Gasteiger charge is 2.27.